The maximum Gasteiger partial charge on any atom is 0.289 e. The second kappa shape index (κ2) is 7.81. The minimum absolute atomic E-state index is 0.0160. The summed E-state index contributed by atoms with van der Waals surface area (Å²) in [7, 11) is 0. The van der Waals surface area contributed by atoms with Crippen LogP contribution in [0.1, 0.15) is 21.7 Å². The highest BCUT2D eigenvalue weighted by Crippen LogP contribution is 2.21. The van der Waals surface area contributed by atoms with E-state index >= 15 is 0 Å². The molecule has 0 unspecified atom stereocenters. The van der Waals surface area contributed by atoms with E-state index < -0.39 is 0 Å². The molecule has 1 saturated heterocycles. The van der Waals surface area contributed by atoms with Crippen molar-refractivity contribution in [3.63, 3.8) is 0 Å². The Morgan fingerprint density at radius 3 is 2.54 bits per heavy atom. The van der Waals surface area contributed by atoms with Gasteiger partial charge in [-0.1, -0.05) is 42.5 Å². The number of benzene rings is 1. The maximum absolute atomic E-state index is 12.5. The molecule has 1 aliphatic heterocycles. The largest absolute Gasteiger partial charge is 0.444 e. The van der Waals surface area contributed by atoms with Crippen molar-refractivity contribution in [3.8, 4) is 0 Å². The van der Waals surface area contributed by atoms with Gasteiger partial charge in [0.15, 0.2) is 10.4 Å². The fourth-order valence-corrected chi connectivity index (χ4v) is 3.34. The highest BCUT2D eigenvalue weighted by molar-refractivity contribution is 9.10. The summed E-state index contributed by atoms with van der Waals surface area (Å²) in [6.07, 6.45) is 4.32. The molecule has 0 radical (unpaired) electrons. The molecule has 0 saturated carbocycles. The summed E-state index contributed by atoms with van der Waals surface area (Å²) >= 11 is 3.28. The van der Waals surface area contributed by atoms with E-state index in [2.05, 4.69) is 45.1 Å². The van der Waals surface area contributed by atoms with Gasteiger partial charge in [0.25, 0.3) is 5.91 Å². The number of piperazine rings is 1. The summed E-state index contributed by atoms with van der Waals surface area (Å²) in [6.45, 7) is 6.03. The first-order chi connectivity index (χ1) is 11.6. The average Bonchev–Trinajstić information content (AvgIpc) is 2.94. The lowest BCUT2D eigenvalue weighted by Crippen LogP contribution is -2.48. The molecule has 1 aromatic carbocycles. The zero-order chi connectivity index (χ0) is 16.9. The molecule has 0 spiro atoms. The number of furan rings is 1. The lowest BCUT2D eigenvalue weighted by Gasteiger charge is -2.33. The summed E-state index contributed by atoms with van der Waals surface area (Å²) in [4.78, 5) is 16.7. The number of halogens is 1. The molecule has 1 aromatic heterocycles. The standard InChI is InChI=1S/C19H21BrN2O2/c1-15-14-17(20)24-18(15)19(23)22-12-10-21(11-13-22)9-5-8-16-6-3-2-4-7-16/h2-8,14H,9-13H2,1H3/b8-5+. The Morgan fingerprint density at radius 1 is 1.21 bits per heavy atom. The highest BCUT2D eigenvalue weighted by atomic mass is 79.9. The third kappa shape index (κ3) is 4.16. The van der Waals surface area contributed by atoms with Crippen LogP contribution in [-0.4, -0.2) is 48.4 Å². The first kappa shape index (κ1) is 17.0. The molecule has 1 fully saturated rings. The number of hydrogen-bond donors (Lipinski definition) is 0. The lowest BCUT2D eigenvalue weighted by atomic mass is 10.2. The minimum Gasteiger partial charge on any atom is -0.444 e. The predicted octanol–water partition coefficient (Wildman–Crippen LogP) is 3.82. The van der Waals surface area contributed by atoms with Gasteiger partial charge in [0, 0.05) is 38.3 Å². The Kier molecular flexibility index (Phi) is 5.53. The zero-order valence-corrected chi connectivity index (χ0v) is 15.3. The van der Waals surface area contributed by atoms with Crippen molar-refractivity contribution in [1.82, 2.24) is 9.80 Å². The average molecular weight is 389 g/mol. The summed E-state index contributed by atoms with van der Waals surface area (Å²) in [5.74, 6) is 0.428. The number of amides is 1. The molecule has 5 heteroatoms. The SMILES string of the molecule is Cc1cc(Br)oc1C(=O)N1CCN(C/C=C/c2ccccc2)CC1. The summed E-state index contributed by atoms with van der Waals surface area (Å²) in [5.41, 5.74) is 2.09. The Labute approximate surface area is 150 Å². The lowest BCUT2D eigenvalue weighted by molar-refractivity contribution is 0.0616. The van der Waals surface area contributed by atoms with E-state index in [1.807, 2.05) is 36.1 Å². The smallest absolute Gasteiger partial charge is 0.289 e. The number of aryl methyl sites for hydroxylation is 1. The third-order valence-corrected chi connectivity index (χ3v) is 4.61. The van der Waals surface area contributed by atoms with Crippen molar-refractivity contribution in [2.75, 3.05) is 32.7 Å². The van der Waals surface area contributed by atoms with Crippen LogP contribution in [0, 0.1) is 6.92 Å². The zero-order valence-electron chi connectivity index (χ0n) is 13.7. The molecule has 0 aliphatic carbocycles. The third-order valence-electron chi connectivity index (χ3n) is 4.21. The van der Waals surface area contributed by atoms with Gasteiger partial charge in [-0.05, 0) is 34.5 Å². The molecule has 0 bridgehead atoms. The summed E-state index contributed by atoms with van der Waals surface area (Å²) < 4.78 is 6.08. The van der Waals surface area contributed by atoms with Gasteiger partial charge in [-0.3, -0.25) is 9.69 Å². The van der Waals surface area contributed by atoms with E-state index in [4.69, 9.17) is 4.42 Å². The van der Waals surface area contributed by atoms with Crippen molar-refractivity contribution < 1.29 is 9.21 Å². The molecule has 1 amide bonds. The molecule has 4 nitrogen and oxygen atoms in total. The van der Waals surface area contributed by atoms with Gasteiger partial charge in [0.2, 0.25) is 0 Å². The summed E-state index contributed by atoms with van der Waals surface area (Å²) in [5, 5.41) is 0. The van der Waals surface area contributed by atoms with Crippen molar-refractivity contribution in [1.29, 1.82) is 0 Å². The van der Waals surface area contributed by atoms with Crippen LogP contribution in [0.5, 0.6) is 0 Å². The van der Waals surface area contributed by atoms with Crippen molar-refractivity contribution in [2.24, 2.45) is 0 Å². The molecule has 0 atom stereocenters. The number of hydrogen-bond acceptors (Lipinski definition) is 3. The van der Waals surface area contributed by atoms with Crippen molar-refractivity contribution in [2.45, 2.75) is 6.92 Å². The van der Waals surface area contributed by atoms with Crippen LogP contribution in [0.25, 0.3) is 6.08 Å². The second-order valence-corrected chi connectivity index (χ2v) is 6.75. The van der Waals surface area contributed by atoms with Gasteiger partial charge < -0.3 is 9.32 Å². The van der Waals surface area contributed by atoms with E-state index in [9.17, 15) is 4.79 Å². The molecule has 1 aliphatic rings. The van der Waals surface area contributed by atoms with E-state index in [0.717, 1.165) is 38.3 Å². The van der Waals surface area contributed by atoms with Crippen LogP contribution in [0.3, 0.4) is 0 Å². The van der Waals surface area contributed by atoms with Crippen LogP contribution >= 0.6 is 15.9 Å². The topological polar surface area (TPSA) is 36.7 Å². The second-order valence-electron chi connectivity index (χ2n) is 5.97. The fraction of sp³-hybridized carbons (Fsp3) is 0.316. The Balaban J connectivity index is 1.50. The Hall–Kier alpha value is -1.85. The Morgan fingerprint density at radius 2 is 1.92 bits per heavy atom. The monoisotopic (exact) mass is 388 g/mol. The molecular weight excluding hydrogens is 368 g/mol. The van der Waals surface area contributed by atoms with Gasteiger partial charge in [0.05, 0.1) is 0 Å². The predicted molar refractivity (Wildman–Crippen MR) is 99.0 cm³/mol. The van der Waals surface area contributed by atoms with Crippen LogP contribution in [-0.2, 0) is 0 Å². The van der Waals surface area contributed by atoms with Crippen molar-refractivity contribution in [3.05, 3.63) is 64.0 Å². The molecule has 2 aromatic rings. The van der Waals surface area contributed by atoms with Crippen LogP contribution < -0.4 is 0 Å². The van der Waals surface area contributed by atoms with Crippen LogP contribution in [0.15, 0.2) is 51.6 Å². The van der Waals surface area contributed by atoms with E-state index in [1.54, 1.807) is 0 Å². The van der Waals surface area contributed by atoms with Gasteiger partial charge in [-0.25, -0.2) is 0 Å². The van der Waals surface area contributed by atoms with Crippen LogP contribution in [0.2, 0.25) is 0 Å². The minimum atomic E-state index is -0.0160. The summed E-state index contributed by atoms with van der Waals surface area (Å²) in [6, 6.07) is 12.1. The molecule has 0 N–H and O–H groups in total. The van der Waals surface area contributed by atoms with Gasteiger partial charge >= 0.3 is 0 Å². The first-order valence-electron chi connectivity index (χ1n) is 8.12. The maximum atomic E-state index is 12.5. The highest BCUT2D eigenvalue weighted by Gasteiger charge is 2.25. The Bertz CT molecular complexity index is 716. The van der Waals surface area contributed by atoms with Gasteiger partial charge in [0.1, 0.15) is 0 Å². The molecule has 3 rings (SSSR count). The van der Waals surface area contributed by atoms with Crippen molar-refractivity contribution >= 4 is 27.9 Å². The van der Waals surface area contributed by atoms with Gasteiger partial charge in [-0.2, -0.15) is 0 Å². The van der Waals surface area contributed by atoms with E-state index in [-0.39, 0.29) is 5.91 Å². The number of rotatable bonds is 4. The van der Waals surface area contributed by atoms with Crippen LogP contribution in [0.4, 0.5) is 0 Å². The molecule has 126 valence electrons. The first-order valence-corrected chi connectivity index (χ1v) is 8.92. The molecular formula is C19H21BrN2O2. The molecule has 24 heavy (non-hydrogen) atoms. The molecule has 2 heterocycles. The normalized spacial score (nSPS) is 16.0. The number of nitrogens with zero attached hydrogens (tertiary/aromatic N) is 2. The van der Waals surface area contributed by atoms with E-state index in [0.29, 0.717) is 10.4 Å². The van der Waals surface area contributed by atoms with Gasteiger partial charge in [-0.15, -0.1) is 0 Å². The fourth-order valence-electron chi connectivity index (χ4n) is 2.83. The number of carbonyl (C=O) groups excluding carboxylic acids is 1. The van der Waals surface area contributed by atoms with E-state index in [1.165, 1.54) is 5.56 Å². The number of carbonyl (C=O) groups is 1. The quantitative estimate of drug-likeness (QED) is 0.798.